The summed E-state index contributed by atoms with van der Waals surface area (Å²) in [6.45, 7) is 0. The lowest BCUT2D eigenvalue weighted by molar-refractivity contribution is 0.933. The summed E-state index contributed by atoms with van der Waals surface area (Å²) in [7, 11) is 0. The van der Waals surface area contributed by atoms with Crippen LogP contribution in [0, 0.1) is 0 Å². The minimum absolute atomic E-state index is 0.798. The molecule has 2 nitrogen and oxygen atoms in total. The van der Waals surface area contributed by atoms with Gasteiger partial charge in [-0.3, -0.25) is 0 Å². The fourth-order valence-corrected chi connectivity index (χ4v) is 2.03. The Balaban J connectivity index is 2.21. The van der Waals surface area contributed by atoms with Crippen LogP contribution in [0.1, 0.15) is 24.3 Å². The van der Waals surface area contributed by atoms with E-state index in [1.807, 2.05) is 10.7 Å². The third-order valence-electron chi connectivity index (χ3n) is 2.54. The summed E-state index contributed by atoms with van der Waals surface area (Å²) in [6, 6.07) is 4.34. The van der Waals surface area contributed by atoms with Gasteiger partial charge in [0.1, 0.15) is 0 Å². The predicted molar refractivity (Wildman–Crippen MR) is 54.9 cm³/mol. The molecule has 66 valence electrons. The van der Waals surface area contributed by atoms with E-state index in [2.05, 4.69) is 39.4 Å². The summed E-state index contributed by atoms with van der Waals surface area (Å²) in [5.41, 5.74) is 2.56. The van der Waals surface area contributed by atoms with Crippen molar-refractivity contribution in [2.24, 2.45) is 0 Å². The topological polar surface area (TPSA) is 17.3 Å². The average Bonchev–Trinajstić information content (AvgIpc) is 2.93. The molecule has 0 atom stereocenters. The maximum absolute atomic E-state index is 4.26. The molecule has 0 saturated heterocycles. The predicted octanol–water partition coefficient (Wildman–Crippen LogP) is 2.97. The lowest BCUT2D eigenvalue weighted by Gasteiger charge is -1.98. The molecule has 2 aromatic heterocycles. The van der Waals surface area contributed by atoms with Crippen LogP contribution in [0.25, 0.3) is 5.52 Å². The van der Waals surface area contributed by atoms with Gasteiger partial charge in [-0.15, -0.1) is 0 Å². The van der Waals surface area contributed by atoms with Crippen LogP contribution in [0.15, 0.2) is 29.0 Å². The average molecular weight is 237 g/mol. The highest BCUT2D eigenvalue weighted by atomic mass is 79.9. The van der Waals surface area contributed by atoms with Gasteiger partial charge in [-0.05, 0) is 46.3 Å². The van der Waals surface area contributed by atoms with Crippen molar-refractivity contribution in [3.05, 3.63) is 34.6 Å². The van der Waals surface area contributed by atoms with Crippen molar-refractivity contribution in [1.29, 1.82) is 0 Å². The second-order valence-electron chi connectivity index (χ2n) is 3.56. The van der Waals surface area contributed by atoms with Crippen molar-refractivity contribution in [3.8, 4) is 0 Å². The standard InChI is InChI=1S/C10H9BrN2/c11-9-5-12-13-6-8(7-1-2-7)3-4-10(9)13/h3-7H,1-2H2. The lowest BCUT2D eigenvalue weighted by Crippen LogP contribution is -1.89. The van der Waals surface area contributed by atoms with E-state index in [-0.39, 0.29) is 0 Å². The molecule has 1 aliphatic carbocycles. The smallest absolute Gasteiger partial charge is 0.0804 e. The number of halogens is 1. The Hall–Kier alpha value is -0.830. The van der Waals surface area contributed by atoms with Crippen LogP contribution in [-0.2, 0) is 0 Å². The second-order valence-corrected chi connectivity index (χ2v) is 4.41. The van der Waals surface area contributed by atoms with Gasteiger partial charge in [-0.1, -0.05) is 6.07 Å². The van der Waals surface area contributed by atoms with Gasteiger partial charge in [-0.2, -0.15) is 5.10 Å². The summed E-state index contributed by atoms with van der Waals surface area (Å²) in [5, 5.41) is 4.26. The molecule has 0 unspecified atom stereocenters. The van der Waals surface area contributed by atoms with E-state index in [9.17, 15) is 0 Å². The SMILES string of the molecule is Brc1cnn2cc(C3CC3)ccc12. The van der Waals surface area contributed by atoms with E-state index in [0.717, 1.165) is 15.9 Å². The van der Waals surface area contributed by atoms with Crippen molar-refractivity contribution in [1.82, 2.24) is 9.61 Å². The lowest BCUT2D eigenvalue weighted by atomic mass is 10.2. The van der Waals surface area contributed by atoms with E-state index in [0.29, 0.717) is 0 Å². The van der Waals surface area contributed by atoms with Crippen molar-refractivity contribution in [2.75, 3.05) is 0 Å². The molecule has 0 bridgehead atoms. The number of fused-ring (bicyclic) bond motifs is 1. The summed E-state index contributed by atoms with van der Waals surface area (Å²) >= 11 is 3.46. The number of pyridine rings is 1. The molecule has 0 radical (unpaired) electrons. The molecule has 1 fully saturated rings. The van der Waals surface area contributed by atoms with E-state index in [4.69, 9.17) is 0 Å². The van der Waals surface area contributed by atoms with Crippen molar-refractivity contribution in [3.63, 3.8) is 0 Å². The van der Waals surface area contributed by atoms with Crippen LogP contribution >= 0.6 is 15.9 Å². The minimum atomic E-state index is 0.798. The molecule has 2 aromatic rings. The Bertz CT molecular complexity index is 457. The first-order valence-electron chi connectivity index (χ1n) is 4.47. The zero-order valence-electron chi connectivity index (χ0n) is 7.07. The van der Waals surface area contributed by atoms with Crippen molar-refractivity contribution < 1.29 is 0 Å². The van der Waals surface area contributed by atoms with Crippen LogP contribution in [0.2, 0.25) is 0 Å². The number of nitrogens with zero attached hydrogens (tertiary/aromatic N) is 2. The van der Waals surface area contributed by atoms with E-state index in [1.54, 1.807) is 0 Å². The van der Waals surface area contributed by atoms with Gasteiger partial charge in [0, 0.05) is 6.20 Å². The molecule has 3 heteroatoms. The van der Waals surface area contributed by atoms with Crippen molar-refractivity contribution in [2.45, 2.75) is 18.8 Å². The van der Waals surface area contributed by atoms with Crippen LogP contribution in [0.5, 0.6) is 0 Å². The molecule has 1 aliphatic rings. The van der Waals surface area contributed by atoms with E-state index < -0.39 is 0 Å². The second kappa shape index (κ2) is 2.58. The molecule has 13 heavy (non-hydrogen) atoms. The highest BCUT2D eigenvalue weighted by molar-refractivity contribution is 9.10. The Kier molecular flexibility index (Phi) is 1.50. The zero-order valence-corrected chi connectivity index (χ0v) is 8.66. The van der Waals surface area contributed by atoms with Gasteiger partial charge in [0.2, 0.25) is 0 Å². The Morgan fingerprint density at radius 2 is 2.23 bits per heavy atom. The molecule has 1 saturated carbocycles. The molecule has 3 rings (SSSR count). The summed E-state index contributed by atoms with van der Waals surface area (Å²) < 4.78 is 3.01. The fourth-order valence-electron chi connectivity index (χ4n) is 1.63. The first kappa shape index (κ1) is 7.56. The molecule has 2 heterocycles. The van der Waals surface area contributed by atoms with Gasteiger partial charge in [-0.25, -0.2) is 4.52 Å². The third kappa shape index (κ3) is 1.18. The number of hydrogen-bond acceptors (Lipinski definition) is 1. The number of aromatic nitrogens is 2. The third-order valence-corrected chi connectivity index (χ3v) is 3.15. The molecular formula is C10H9BrN2. The highest BCUT2D eigenvalue weighted by Crippen LogP contribution is 2.40. The molecule has 0 aromatic carbocycles. The molecule has 0 N–H and O–H groups in total. The Morgan fingerprint density at radius 3 is 3.00 bits per heavy atom. The number of rotatable bonds is 1. The first-order valence-corrected chi connectivity index (χ1v) is 5.27. The molecule has 0 amide bonds. The molecule has 0 spiro atoms. The van der Waals surface area contributed by atoms with Crippen LogP contribution < -0.4 is 0 Å². The monoisotopic (exact) mass is 236 g/mol. The number of hydrogen-bond donors (Lipinski definition) is 0. The van der Waals surface area contributed by atoms with E-state index in [1.165, 1.54) is 18.4 Å². The van der Waals surface area contributed by atoms with Gasteiger partial charge >= 0.3 is 0 Å². The highest BCUT2D eigenvalue weighted by Gasteiger charge is 2.23. The molecule has 0 aliphatic heterocycles. The fraction of sp³-hybridized carbons (Fsp3) is 0.300. The van der Waals surface area contributed by atoms with Crippen LogP contribution in [-0.4, -0.2) is 9.61 Å². The maximum Gasteiger partial charge on any atom is 0.0804 e. The van der Waals surface area contributed by atoms with Crippen molar-refractivity contribution >= 4 is 21.4 Å². The largest absolute Gasteiger partial charge is 0.240 e. The van der Waals surface area contributed by atoms with Gasteiger partial charge in [0.25, 0.3) is 0 Å². The maximum atomic E-state index is 4.26. The summed E-state index contributed by atoms with van der Waals surface area (Å²) in [4.78, 5) is 0. The Morgan fingerprint density at radius 1 is 1.38 bits per heavy atom. The Labute approximate surface area is 84.7 Å². The van der Waals surface area contributed by atoms with E-state index >= 15 is 0 Å². The first-order chi connectivity index (χ1) is 6.34. The van der Waals surface area contributed by atoms with Gasteiger partial charge < -0.3 is 0 Å². The quantitative estimate of drug-likeness (QED) is 0.745. The van der Waals surface area contributed by atoms with Gasteiger partial charge in [0.05, 0.1) is 16.2 Å². The summed E-state index contributed by atoms with van der Waals surface area (Å²) in [5.74, 6) is 0.798. The normalized spacial score (nSPS) is 16.7. The summed E-state index contributed by atoms with van der Waals surface area (Å²) in [6.07, 6.45) is 6.66. The van der Waals surface area contributed by atoms with Gasteiger partial charge in [0.15, 0.2) is 0 Å². The van der Waals surface area contributed by atoms with Crippen LogP contribution in [0.3, 0.4) is 0 Å². The molecular weight excluding hydrogens is 228 g/mol. The van der Waals surface area contributed by atoms with Crippen LogP contribution in [0.4, 0.5) is 0 Å². The minimum Gasteiger partial charge on any atom is -0.240 e. The zero-order chi connectivity index (χ0) is 8.84.